The number of H-pyrrole nitrogens is 1. The van der Waals surface area contributed by atoms with Crippen LogP contribution in [0.4, 0.5) is 0 Å². The highest BCUT2D eigenvalue weighted by Gasteiger charge is 2.13. The van der Waals surface area contributed by atoms with E-state index >= 15 is 0 Å². The summed E-state index contributed by atoms with van der Waals surface area (Å²) in [5, 5.41) is 19.2. The minimum absolute atomic E-state index is 0.0213. The lowest BCUT2D eigenvalue weighted by Crippen LogP contribution is -2.34. The lowest BCUT2D eigenvalue weighted by Gasteiger charge is -2.09. The predicted octanol–water partition coefficient (Wildman–Crippen LogP) is -0.164. The van der Waals surface area contributed by atoms with Crippen molar-refractivity contribution in [1.29, 1.82) is 0 Å². The first kappa shape index (κ1) is 18.4. The van der Waals surface area contributed by atoms with E-state index in [1.807, 2.05) is 0 Å². The molecule has 3 heterocycles. The Hall–Kier alpha value is -3.99. The summed E-state index contributed by atoms with van der Waals surface area (Å²) in [6.07, 6.45) is 1.62. The van der Waals surface area contributed by atoms with E-state index in [1.54, 1.807) is 41.8 Å². The lowest BCUT2D eigenvalue weighted by molar-refractivity contribution is 0.0735. The van der Waals surface area contributed by atoms with Gasteiger partial charge in [-0.2, -0.15) is 5.21 Å². The molecular formula is C18H13N6O4S-. The van der Waals surface area contributed by atoms with Crippen LogP contribution in [0.1, 0.15) is 15.2 Å². The third-order valence-corrected chi connectivity index (χ3v) is 4.79. The number of tetrazole rings is 1. The topological polar surface area (TPSA) is 126 Å². The van der Waals surface area contributed by atoms with E-state index in [0.29, 0.717) is 26.8 Å². The number of thiophene rings is 1. The van der Waals surface area contributed by atoms with Crippen LogP contribution in [0.2, 0.25) is 0 Å². The van der Waals surface area contributed by atoms with Crippen molar-refractivity contribution in [1.82, 2.24) is 30.4 Å². The highest BCUT2D eigenvalue weighted by Crippen LogP contribution is 2.29. The second-order valence-electron chi connectivity index (χ2n) is 5.74. The molecule has 0 amide bonds. The highest BCUT2D eigenvalue weighted by molar-refractivity contribution is 7.12. The third-order valence-electron chi connectivity index (χ3n) is 3.94. The molecule has 0 aliphatic rings. The zero-order chi connectivity index (χ0) is 20.4. The van der Waals surface area contributed by atoms with Crippen LogP contribution in [0.15, 0.2) is 40.5 Å². The van der Waals surface area contributed by atoms with Crippen LogP contribution in [0.5, 0.6) is 11.5 Å². The maximum absolute atomic E-state index is 12.6. The van der Waals surface area contributed by atoms with Gasteiger partial charge in [0, 0.05) is 5.35 Å². The van der Waals surface area contributed by atoms with E-state index in [9.17, 15) is 9.59 Å². The molecular weight excluding hydrogens is 396 g/mol. The number of aromatic nitrogens is 6. The maximum atomic E-state index is 12.6. The lowest BCUT2D eigenvalue weighted by atomic mass is 10.1. The Morgan fingerprint density at radius 2 is 2.21 bits per heavy atom. The Morgan fingerprint density at radius 3 is 2.90 bits per heavy atom. The van der Waals surface area contributed by atoms with Crippen LogP contribution in [-0.4, -0.2) is 38.4 Å². The van der Waals surface area contributed by atoms with Crippen molar-refractivity contribution in [3.8, 4) is 17.4 Å². The van der Waals surface area contributed by atoms with Gasteiger partial charge in [-0.05, 0) is 35.2 Å². The molecule has 4 aromatic rings. The maximum Gasteiger partial charge on any atom is 0.353 e. The molecule has 1 N–H and O–H groups in total. The third kappa shape index (κ3) is 3.58. The first-order valence-electron chi connectivity index (χ1n) is 8.21. The number of hydrogen-bond donors (Lipinski definition) is 1. The van der Waals surface area contributed by atoms with Crippen LogP contribution in [0, 0.1) is 0 Å². The second-order valence-corrected chi connectivity index (χ2v) is 6.69. The quantitative estimate of drug-likeness (QED) is 0.356. The average Bonchev–Trinajstić information content (AvgIpc) is 3.47. The molecule has 0 spiro atoms. The van der Waals surface area contributed by atoms with Gasteiger partial charge < -0.3 is 14.6 Å². The molecule has 0 radical (unpaired) electrons. The second kappa shape index (κ2) is 7.56. The molecule has 0 atom stereocenters. The van der Waals surface area contributed by atoms with E-state index in [1.165, 1.54) is 18.4 Å². The largest absolute Gasteiger partial charge is 0.493 e. The van der Waals surface area contributed by atoms with Crippen LogP contribution in [0.3, 0.4) is 0 Å². The Labute approximate surface area is 166 Å². The minimum Gasteiger partial charge on any atom is -0.493 e. The van der Waals surface area contributed by atoms with Gasteiger partial charge in [0.05, 0.1) is 12.3 Å². The van der Waals surface area contributed by atoms with Crippen LogP contribution < -0.4 is 30.7 Å². The number of ether oxygens (including phenoxy) is 2. The summed E-state index contributed by atoms with van der Waals surface area (Å²) in [5.41, 5.74) is 0.238. The Kier molecular flexibility index (Phi) is 4.79. The summed E-state index contributed by atoms with van der Waals surface area (Å²) in [6.45, 7) is 3.83. The molecule has 146 valence electrons. The number of benzene rings is 1. The van der Waals surface area contributed by atoms with Gasteiger partial charge in [0.15, 0.2) is 11.5 Å². The van der Waals surface area contributed by atoms with Gasteiger partial charge in [0.1, 0.15) is 10.8 Å². The summed E-state index contributed by atoms with van der Waals surface area (Å²) in [7, 11) is 1.46. The van der Waals surface area contributed by atoms with Crippen molar-refractivity contribution >= 4 is 30.0 Å². The summed E-state index contributed by atoms with van der Waals surface area (Å²) in [6, 6.07) is 8.38. The van der Waals surface area contributed by atoms with E-state index < -0.39 is 11.5 Å². The fourth-order valence-corrected chi connectivity index (χ4v) is 3.18. The van der Waals surface area contributed by atoms with Crippen molar-refractivity contribution in [2.24, 2.45) is 0 Å². The van der Waals surface area contributed by atoms with Crippen molar-refractivity contribution in [2.45, 2.75) is 0 Å². The number of hydrogen-bond acceptors (Lipinski definition) is 8. The number of methoxy groups -OCH3 is 1. The van der Waals surface area contributed by atoms with Gasteiger partial charge in [-0.15, -0.1) is 16.6 Å². The fourth-order valence-electron chi connectivity index (χ4n) is 2.58. The normalized spacial score (nSPS) is 11.6. The van der Waals surface area contributed by atoms with Crippen LogP contribution in [0.25, 0.3) is 18.6 Å². The molecule has 4 rings (SSSR count). The molecule has 11 heteroatoms. The highest BCUT2D eigenvalue weighted by atomic mass is 32.1. The molecule has 0 bridgehead atoms. The zero-order valence-electron chi connectivity index (χ0n) is 15.0. The van der Waals surface area contributed by atoms with Crippen molar-refractivity contribution in [3.63, 3.8) is 0 Å². The first-order chi connectivity index (χ1) is 14.1. The van der Waals surface area contributed by atoms with Gasteiger partial charge in [0.2, 0.25) is 5.56 Å². The van der Waals surface area contributed by atoms with E-state index in [-0.39, 0.29) is 11.7 Å². The number of nitrogens with zero attached hydrogens (tertiary/aromatic N) is 5. The molecule has 0 aliphatic carbocycles. The molecule has 0 saturated carbocycles. The van der Waals surface area contributed by atoms with Crippen LogP contribution >= 0.6 is 11.3 Å². The molecule has 0 fully saturated rings. The van der Waals surface area contributed by atoms with Crippen molar-refractivity contribution in [3.05, 3.63) is 67.1 Å². The standard InChI is InChI=1S/C18H13N6O4S/c1-10-12(16(25)24(21-10)18-19-22-23-20-18)8-11-5-6-13(14(9-11)27-2)28-17(26)15-4-3-7-29-15/h3-9,21H,1H2,2H3/q-1/b12-8-. The van der Waals surface area contributed by atoms with Crippen molar-refractivity contribution < 1.29 is 14.3 Å². The molecule has 0 aliphatic heterocycles. The van der Waals surface area contributed by atoms with Gasteiger partial charge >= 0.3 is 5.97 Å². The summed E-state index contributed by atoms with van der Waals surface area (Å²) >= 11 is 1.28. The SMILES string of the molecule is C=c1[nH]n(-c2nnn[n-]2)c(=O)/c1=C\c1ccc(OC(=O)c2cccs2)c(OC)c1. The average molecular weight is 409 g/mol. The first-order valence-corrected chi connectivity index (χ1v) is 9.09. The van der Waals surface area contributed by atoms with Crippen LogP contribution in [-0.2, 0) is 0 Å². The Morgan fingerprint density at radius 1 is 1.34 bits per heavy atom. The van der Waals surface area contributed by atoms with E-state index in [2.05, 4.69) is 32.3 Å². The van der Waals surface area contributed by atoms with E-state index in [0.717, 1.165) is 4.68 Å². The Balaban J connectivity index is 1.69. The fraction of sp³-hybridized carbons (Fsp3) is 0.0556. The molecule has 1 aromatic carbocycles. The molecule has 10 nitrogen and oxygen atoms in total. The monoisotopic (exact) mass is 409 g/mol. The van der Waals surface area contributed by atoms with Gasteiger partial charge in [-0.25, -0.2) is 9.89 Å². The van der Waals surface area contributed by atoms with Gasteiger partial charge in [-0.3, -0.25) is 14.6 Å². The molecule has 0 saturated heterocycles. The molecule has 0 unspecified atom stereocenters. The number of nitrogens with one attached hydrogen (secondary N) is 1. The smallest absolute Gasteiger partial charge is 0.353 e. The number of carbonyl (C=O) groups excluding carboxylic acids is 1. The molecule has 29 heavy (non-hydrogen) atoms. The van der Waals surface area contributed by atoms with E-state index in [4.69, 9.17) is 9.47 Å². The number of rotatable bonds is 5. The predicted molar refractivity (Wildman–Crippen MR) is 104 cm³/mol. The number of aromatic amines is 1. The molecule has 3 aromatic heterocycles. The number of carbonyl (C=O) groups is 1. The van der Waals surface area contributed by atoms with Gasteiger partial charge in [-0.1, -0.05) is 18.7 Å². The Bertz CT molecular complexity index is 1320. The minimum atomic E-state index is -0.472. The summed E-state index contributed by atoms with van der Waals surface area (Å²) < 4.78 is 11.8. The van der Waals surface area contributed by atoms with Crippen molar-refractivity contribution in [2.75, 3.05) is 7.11 Å². The summed E-state index contributed by atoms with van der Waals surface area (Å²) in [4.78, 5) is 25.3. The summed E-state index contributed by atoms with van der Waals surface area (Å²) in [5.74, 6) is 0.165. The van der Waals surface area contributed by atoms with Gasteiger partial charge in [0.25, 0.3) is 0 Å². The zero-order valence-corrected chi connectivity index (χ0v) is 15.8. The number of esters is 1.